The molecule has 4 fully saturated rings. The van der Waals surface area contributed by atoms with E-state index in [9.17, 15) is 5.11 Å². The second-order valence-corrected chi connectivity index (χ2v) is 10.1. The highest BCUT2D eigenvalue weighted by Crippen LogP contribution is 2.60. The predicted molar refractivity (Wildman–Crippen MR) is 110 cm³/mol. The molecule has 4 bridgehead atoms. The molecule has 3 heteroatoms. The SMILES string of the molecule is C[C@@H](O)c1ccc(-c2ccc(C[NH2+][C@H](C)C34CC5CC(CC(C5)C3)C4)o2)cc1. The van der Waals surface area contributed by atoms with Gasteiger partial charge in [-0.25, -0.2) is 0 Å². The summed E-state index contributed by atoms with van der Waals surface area (Å²) in [5.74, 6) is 5.03. The van der Waals surface area contributed by atoms with Gasteiger partial charge in [-0.1, -0.05) is 24.3 Å². The van der Waals surface area contributed by atoms with E-state index >= 15 is 0 Å². The molecule has 0 radical (unpaired) electrons. The second-order valence-electron chi connectivity index (χ2n) is 10.1. The van der Waals surface area contributed by atoms with E-state index in [1.54, 1.807) is 6.92 Å². The van der Waals surface area contributed by atoms with Crippen molar-refractivity contribution in [2.75, 3.05) is 0 Å². The molecule has 0 saturated heterocycles. The summed E-state index contributed by atoms with van der Waals surface area (Å²) in [4.78, 5) is 0. The Balaban J connectivity index is 1.23. The van der Waals surface area contributed by atoms with Crippen LogP contribution in [0.15, 0.2) is 40.8 Å². The van der Waals surface area contributed by atoms with Gasteiger partial charge in [0.1, 0.15) is 12.3 Å². The fourth-order valence-corrected chi connectivity index (χ4v) is 6.85. The Morgan fingerprint density at radius 3 is 2.14 bits per heavy atom. The van der Waals surface area contributed by atoms with Gasteiger partial charge in [0, 0.05) is 11.0 Å². The van der Waals surface area contributed by atoms with E-state index in [0.717, 1.165) is 46.9 Å². The Morgan fingerprint density at radius 1 is 0.964 bits per heavy atom. The number of rotatable bonds is 6. The van der Waals surface area contributed by atoms with Crippen LogP contribution < -0.4 is 5.32 Å². The van der Waals surface area contributed by atoms with Crippen molar-refractivity contribution in [3.63, 3.8) is 0 Å². The van der Waals surface area contributed by atoms with Crippen LogP contribution in [0.1, 0.15) is 69.8 Å². The maximum Gasteiger partial charge on any atom is 0.158 e. The molecular weight excluding hydrogens is 346 g/mol. The molecule has 0 amide bonds. The number of nitrogens with two attached hydrogens (primary N) is 1. The topological polar surface area (TPSA) is 50.0 Å². The number of quaternary nitrogens is 1. The molecule has 3 nitrogen and oxygen atoms in total. The summed E-state index contributed by atoms with van der Waals surface area (Å²) in [6, 6.07) is 12.9. The molecule has 6 rings (SSSR count). The van der Waals surface area contributed by atoms with E-state index < -0.39 is 6.10 Å². The average Bonchev–Trinajstić information content (AvgIpc) is 3.14. The van der Waals surface area contributed by atoms with Crippen molar-refractivity contribution in [1.29, 1.82) is 0 Å². The van der Waals surface area contributed by atoms with Crippen LogP contribution in [0.2, 0.25) is 0 Å². The lowest BCUT2D eigenvalue weighted by Gasteiger charge is -2.57. The van der Waals surface area contributed by atoms with Gasteiger partial charge in [-0.05, 0) is 87.8 Å². The van der Waals surface area contributed by atoms with Gasteiger partial charge in [0.25, 0.3) is 0 Å². The molecular formula is C25H34NO2+. The van der Waals surface area contributed by atoms with E-state index in [-0.39, 0.29) is 0 Å². The van der Waals surface area contributed by atoms with Crippen LogP contribution in [0.5, 0.6) is 0 Å². The summed E-state index contributed by atoms with van der Waals surface area (Å²) < 4.78 is 6.15. The third kappa shape index (κ3) is 3.33. The minimum atomic E-state index is -0.429. The van der Waals surface area contributed by atoms with Crippen molar-refractivity contribution in [3.8, 4) is 11.3 Å². The van der Waals surface area contributed by atoms with Crippen LogP contribution in [0.4, 0.5) is 0 Å². The predicted octanol–water partition coefficient (Wildman–Crippen LogP) is 4.67. The lowest BCUT2D eigenvalue weighted by molar-refractivity contribution is -0.718. The normalized spacial score (nSPS) is 33.2. The maximum absolute atomic E-state index is 9.67. The Hall–Kier alpha value is -1.58. The van der Waals surface area contributed by atoms with Crippen molar-refractivity contribution >= 4 is 0 Å². The van der Waals surface area contributed by atoms with Gasteiger partial charge < -0.3 is 14.8 Å². The number of hydrogen-bond acceptors (Lipinski definition) is 2. The van der Waals surface area contributed by atoms with Gasteiger partial charge in [-0.15, -0.1) is 0 Å². The minimum absolute atomic E-state index is 0.429. The van der Waals surface area contributed by atoms with Crippen LogP contribution in [0.3, 0.4) is 0 Å². The Labute approximate surface area is 168 Å². The number of furan rings is 1. The first-order valence-corrected chi connectivity index (χ1v) is 11.2. The van der Waals surface area contributed by atoms with Crippen molar-refractivity contribution in [2.24, 2.45) is 23.2 Å². The first-order chi connectivity index (χ1) is 13.5. The van der Waals surface area contributed by atoms with Crippen LogP contribution >= 0.6 is 0 Å². The molecule has 3 N–H and O–H groups in total. The molecule has 4 saturated carbocycles. The third-order valence-electron chi connectivity index (χ3n) is 8.06. The average molecular weight is 381 g/mol. The number of hydrogen-bond donors (Lipinski definition) is 2. The fourth-order valence-electron chi connectivity index (χ4n) is 6.85. The van der Waals surface area contributed by atoms with Gasteiger partial charge in [-0.3, -0.25) is 0 Å². The molecule has 0 unspecified atom stereocenters. The minimum Gasteiger partial charge on any atom is -0.455 e. The zero-order valence-corrected chi connectivity index (χ0v) is 17.2. The van der Waals surface area contributed by atoms with Gasteiger partial charge in [0.15, 0.2) is 5.76 Å². The summed E-state index contributed by atoms with van der Waals surface area (Å²) in [6.45, 7) is 5.18. The molecule has 1 aromatic heterocycles. The monoisotopic (exact) mass is 380 g/mol. The van der Waals surface area contributed by atoms with Crippen LogP contribution in [-0.2, 0) is 6.54 Å². The van der Waals surface area contributed by atoms with Crippen molar-refractivity contribution in [2.45, 2.75) is 71.1 Å². The van der Waals surface area contributed by atoms with Crippen LogP contribution in [0.25, 0.3) is 11.3 Å². The van der Waals surface area contributed by atoms with E-state index in [4.69, 9.17) is 4.42 Å². The fraction of sp³-hybridized carbons (Fsp3) is 0.600. The zero-order chi connectivity index (χ0) is 19.3. The van der Waals surface area contributed by atoms with E-state index in [0.29, 0.717) is 11.5 Å². The van der Waals surface area contributed by atoms with E-state index in [2.05, 4.69) is 24.4 Å². The Kier molecular flexibility index (Phi) is 4.64. The molecule has 4 aliphatic rings. The van der Waals surface area contributed by atoms with Gasteiger partial charge in [0.2, 0.25) is 0 Å². The highest BCUT2D eigenvalue weighted by atomic mass is 16.3. The van der Waals surface area contributed by atoms with Crippen molar-refractivity contribution in [1.82, 2.24) is 0 Å². The van der Waals surface area contributed by atoms with E-state index in [1.165, 1.54) is 38.5 Å². The lowest BCUT2D eigenvalue weighted by Crippen LogP contribution is -2.91. The maximum atomic E-state index is 9.67. The summed E-state index contributed by atoms with van der Waals surface area (Å²) in [5.41, 5.74) is 2.60. The smallest absolute Gasteiger partial charge is 0.158 e. The lowest BCUT2D eigenvalue weighted by atomic mass is 9.48. The molecule has 1 heterocycles. The molecule has 1 aromatic carbocycles. The van der Waals surface area contributed by atoms with Gasteiger partial charge in [-0.2, -0.15) is 0 Å². The Morgan fingerprint density at radius 2 is 1.57 bits per heavy atom. The molecule has 150 valence electrons. The molecule has 4 aliphatic carbocycles. The largest absolute Gasteiger partial charge is 0.455 e. The highest BCUT2D eigenvalue weighted by molar-refractivity contribution is 5.58. The van der Waals surface area contributed by atoms with Crippen molar-refractivity contribution in [3.05, 3.63) is 47.7 Å². The zero-order valence-electron chi connectivity index (χ0n) is 17.2. The molecule has 0 aliphatic heterocycles. The molecule has 2 aromatic rings. The van der Waals surface area contributed by atoms with Crippen LogP contribution in [-0.4, -0.2) is 11.1 Å². The second kappa shape index (κ2) is 7.03. The highest BCUT2D eigenvalue weighted by Gasteiger charge is 2.54. The summed E-state index contributed by atoms with van der Waals surface area (Å²) in [5, 5.41) is 12.2. The quantitative estimate of drug-likeness (QED) is 0.765. The summed E-state index contributed by atoms with van der Waals surface area (Å²) in [7, 11) is 0. The molecule has 0 spiro atoms. The summed E-state index contributed by atoms with van der Waals surface area (Å²) >= 11 is 0. The number of aliphatic hydroxyl groups excluding tert-OH is 1. The first kappa shape index (κ1) is 18.4. The Bertz CT molecular complexity index is 784. The molecule has 2 atom stereocenters. The van der Waals surface area contributed by atoms with Gasteiger partial charge in [0.05, 0.1) is 12.1 Å². The third-order valence-corrected chi connectivity index (χ3v) is 8.06. The van der Waals surface area contributed by atoms with Crippen molar-refractivity contribution < 1.29 is 14.8 Å². The first-order valence-electron chi connectivity index (χ1n) is 11.2. The number of benzene rings is 1. The van der Waals surface area contributed by atoms with E-state index in [1.807, 2.05) is 24.3 Å². The van der Waals surface area contributed by atoms with Crippen LogP contribution in [0, 0.1) is 23.2 Å². The summed E-state index contributed by atoms with van der Waals surface area (Å²) in [6.07, 6.45) is 8.52. The molecule has 28 heavy (non-hydrogen) atoms. The standard InChI is InChI=1S/C25H33NO2/c1-16(27)21-3-5-22(6-4-21)24-8-7-23(28-24)15-26-17(2)25-12-18-9-19(13-25)11-20(10-18)14-25/h3-8,16-20,26-27H,9-15H2,1-2H3/p+1/t16-,17-,18?,19?,20?,25?/m1/s1. The number of aliphatic hydroxyl groups is 1. The van der Waals surface area contributed by atoms with Gasteiger partial charge >= 0.3 is 0 Å².